The number of para-hydroxylation sites is 1. The summed E-state index contributed by atoms with van der Waals surface area (Å²) in [6, 6.07) is 9.86. The van der Waals surface area contributed by atoms with Crippen LogP contribution >= 0.6 is 15.9 Å². The summed E-state index contributed by atoms with van der Waals surface area (Å²) in [6.45, 7) is 0. The Kier molecular flexibility index (Phi) is 4.01. The zero-order chi connectivity index (χ0) is 7.94. The van der Waals surface area contributed by atoms with E-state index in [0.717, 1.165) is 5.75 Å². The molecule has 0 unspecified atom stereocenters. The van der Waals surface area contributed by atoms with Crippen LogP contribution in [-0.2, 0) is 0 Å². The predicted octanol–water partition coefficient (Wildman–Crippen LogP) is 2.02. The molecule has 0 N–H and O–H groups in total. The van der Waals surface area contributed by atoms with Gasteiger partial charge in [0.05, 0.1) is 0 Å². The summed E-state index contributed by atoms with van der Waals surface area (Å²) < 4.78 is 5.47. The van der Waals surface area contributed by atoms with Crippen molar-refractivity contribution in [1.29, 1.82) is 0 Å². The third-order valence-corrected chi connectivity index (χ3v) is 3.17. The van der Waals surface area contributed by atoms with Crippen LogP contribution in [0.1, 0.15) is 0 Å². The van der Waals surface area contributed by atoms with Gasteiger partial charge in [-0.1, -0.05) is 39.8 Å². The van der Waals surface area contributed by atoms with Crippen molar-refractivity contribution in [2.75, 3.05) is 0 Å². The minimum Gasteiger partial charge on any atom is -0.545 e. The Labute approximate surface area is 77.2 Å². The maximum Gasteiger partial charge on any atom is 0.244 e. The fraction of sp³-hybridized carbons (Fsp3) is 0. The number of hydrogen-bond donors (Lipinski definition) is 0. The zero-order valence-corrected chi connectivity index (χ0v) is 9.03. The summed E-state index contributed by atoms with van der Waals surface area (Å²) in [5.41, 5.74) is 2.03. The van der Waals surface area contributed by atoms with Gasteiger partial charge in [-0.15, -0.1) is 0 Å². The molecule has 0 atom stereocenters. The molecule has 1 rings (SSSR count). The monoisotopic (exact) mass is 228 g/mol. The Hall–Kier alpha value is -0.543. The average Bonchev–Trinajstić information content (AvgIpc) is 2.07. The van der Waals surface area contributed by atoms with Crippen LogP contribution in [0.2, 0.25) is 0 Å². The fourth-order valence-corrected chi connectivity index (χ4v) is 1.71. The SMILES string of the molecule is BrC=C[SiH2]Oc1ccccc1. The van der Waals surface area contributed by atoms with Crippen molar-refractivity contribution in [3.63, 3.8) is 0 Å². The molecular formula is C8H9BrOSi. The van der Waals surface area contributed by atoms with E-state index in [4.69, 9.17) is 4.43 Å². The molecule has 0 aliphatic rings. The first-order chi connectivity index (χ1) is 5.43. The Bertz CT molecular complexity index is 223. The smallest absolute Gasteiger partial charge is 0.244 e. The second-order valence-corrected chi connectivity index (χ2v) is 3.61. The molecule has 11 heavy (non-hydrogen) atoms. The van der Waals surface area contributed by atoms with Gasteiger partial charge in [0, 0.05) is 0 Å². The third-order valence-electron chi connectivity index (χ3n) is 1.18. The number of benzene rings is 1. The van der Waals surface area contributed by atoms with Crippen LogP contribution < -0.4 is 4.43 Å². The summed E-state index contributed by atoms with van der Waals surface area (Å²) in [7, 11) is -0.514. The lowest BCUT2D eigenvalue weighted by molar-refractivity contribution is 0.604. The molecule has 1 aromatic rings. The molecule has 0 saturated heterocycles. The van der Waals surface area contributed by atoms with Crippen molar-refractivity contribution >= 4 is 25.7 Å². The van der Waals surface area contributed by atoms with Crippen molar-refractivity contribution in [2.24, 2.45) is 0 Å². The predicted molar refractivity (Wildman–Crippen MR) is 53.7 cm³/mol. The van der Waals surface area contributed by atoms with Crippen LogP contribution in [-0.4, -0.2) is 9.76 Å². The van der Waals surface area contributed by atoms with Crippen molar-refractivity contribution in [3.8, 4) is 5.75 Å². The molecule has 58 valence electrons. The molecule has 0 aliphatic carbocycles. The van der Waals surface area contributed by atoms with Gasteiger partial charge in [0.25, 0.3) is 0 Å². The van der Waals surface area contributed by atoms with Crippen molar-refractivity contribution < 1.29 is 4.43 Å². The normalized spacial score (nSPS) is 11.4. The summed E-state index contributed by atoms with van der Waals surface area (Å²) in [4.78, 5) is 1.85. The molecule has 0 fully saturated rings. The first-order valence-corrected chi connectivity index (χ1v) is 5.67. The van der Waals surface area contributed by atoms with Crippen LogP contribution in [0.15, 0.2) is 41.0 Å². The highest BCUT2D eigenvalue weighted by Crippen LogP contribution is 2.06. The number of hydrogen-bond acceptors (Lipinski definition) is 1. The Morgan fingerprint density at radius 3 is 2.64 bits per heavy atom. The van der Waals surface area contributed by atoms with Crippen molar-refractivity contribution in [3.05, 3.63) is 41.0 Å². The minimum atomic E-state index is -0.514. The van der Waals surface area contributed by atoms with Gasteiger partial charge in [0.2, 0.25) is 9.76 Å². The van der Waals surface area contributed by atoms with Gasteiger partial charge in [-0.25, -0.2) is 0 Å². The highest BCUT2D eigenvalue weighted by atomic mass is 79.9. The van der Waals surface area contributed by atoms with E-state index in [1.54, 1.807) is 0 Å². The quantitative estimate of drug-likeness (QED) is 0.720. The topological polar surface area (TPSA) is 9.23 Å². The Morgan fingerprint density at radius 2 is 2.00 bits per heavy atom. The lowest BCUT2D eigenvalue weighted by Gasteiger charge is -2.00. The molecule has 0 amide bonds. The fourth-order valence-electron chi connectivity index (χ4n) is 0.697. The molecule has 0 saturated carbocycles. The zero-order valence-electron chi connectivity index (χ0n) is 6.03. The third kappa shape index (κ3) is 3.39. The molecule has 0 radical (unpaired) electrons. The van der Waals surface area contributed by atoms with Gasteiger partial charge < -0.3 is 4.43 Å². The van der Waals surface area contributed by atoms with Crippen LogP contribution in [0.5, 0.6) is 5.75 Å². The molecule has 0 aromatic heterocycles. The van der Waals surface area contributed by atoms with E-state index < -0.39 is 9.76 Å². The minimum absolute atomic E-state index is 0.514. The van der Waals surface area contributed by atoms with Gasteiger partial charge in [0.1, 0.15) is 5.75 Å². The maximum atomic E-state index is 5.47. The van der Waals surface area contributed by atoms with E-state index in [9.17, 15) is 0 Å². The van der Waals surface area contributed by atoms with Crippen LogP contribution in [0.3, 0.4) is 0 Å². The lowest BCUT2D eigenvalue weighted by atomic mass is 10.3. The summed E-state index contributed by atoms with van der Waals surface area (Å²) in [5.74, 6) is 0.963. The first kappa shape index (κ1) is 8.55. The average molecular weight is 229 g/mol. The van der Waals surface area contributed by atoms with Crippen LogP contribution in [0, 0.1) is 0 Å². The highest BCUT2D eigenvalue weighted by molar-refractivity contribution is 9.11. The van der Waals surface area contributed by atoms with E-state index in [0.29, 0.717) is 0 Å². The molecule has 0 bridgehead atoms. The molecule has 0 aliphatic heterocycles. The second-order valence-electron chi connectivity index (χ2n) is 1.99. The maximum absolute atomic E-state index is 5.47. The molecule has 3 heteroatoms. The molecular weight excluding hydrogens is 220 g/mol. The molecule has 1 nitrogen and oxygen atoms in total. The summed E-state index contributed by atoms with van der Waals surface area (Å²) in [5, 5.41) is 0. The van der Waals surface area contributed by atoms with Gasteiger partial charge in [-0.3, -0.25) is 0 Å². The van der Waals surface area contributed by atoms with E-state index in [1.165, 1.54) is 0 Å². The van der Waals surface area contributed by atoms with E-state index >= 15 is 0 Å². The largest absolute Gasteiger partial charge is 0.545 e. The summed E-state index contributed by atoms with van der Waals surface area (Å²) >= 11 is 3.20. The molecule has 1 aromatic carbocycles. The van der Waals surface area contributed by atoms with E-state index in [1.807, 2.05) is 41.0 Å². The van der Waals surface area contributed by atoms with Gasteiger partial charge in [0.15, 0.2) is 0 Å². The number of halogens is 1. The van der Waals surface area contributed by atoms with Crippen molar-refractivity contribution in [1.82, 2.24) is 0 Å². The summed E-state index contributed by atoms with van der Waals surface area (Å²) in [6.07, 6.45) is 0. The van der Waals surface area contributed by atoms with E-state index in [-0.39, 0.29) is 0 Å². The van der Waals surface area contributed by atoms with Gasteiger partial charge >= 0.3 is 0 Å². The van der Waals surface area contributed by atoms with Crippen molar-refractivity contribution in [2.45, 2.75) is 0 Å². The molecule has 0 heterocycles. The van der Waals surface area contributed by atoms with E-state index in [2.05, 4.69) is 15.9 Å². The Balaban J connectivity index is 2.39. The Morgan fingerprint density at radius 1 is 1.27 bits per heavy atom. The molecule has 0 spiro atoms. The standard InChI is InChI=1S/C8H9BrOSi/c9-6-7-11-10-8-4-2-1-3-5-8/h1-7H,11H2. The number of rotatable bonds is 3. The second kappa shape index (κ2) is 5.15. The first-order valence-electron chi connectivity index (χ1n) is 3.36. The van der Waals surface area contributed by atoms with Gasteiger partial charge in [-0.05, 0) is 17.1 Å². The van der Waals surface area contributed by atoms with Crippen LogP contribution in [0.4, 0.5) is 0 Å². The van der Waals surface area contributed by atoms with Gasteiger partial charge in [-0.2, -0.15) is 0 Å². The van der Waals surface area contributed by atoms with Crippen LogP contribution in [0.25, 0.3) is 0 Å². The lowest BCUT2D eigenvalue weighted by Crippen LogP contribution is -1.96. The highest BCUT2D eigenvalue weighted by Gasteiger charge is 1.86.